The Balaban J connectivity index is 3.32. The summed E-state index contributed by atoms with van der Waals surface area (Å²) < 4.78 is 0. The Labute approximate surface area is 89.8 Å². The van der Waals surface area contributed by atoms with Crippen LogP contribution in [0.25, 0.3) is 0 Å². The average molecular weight is 227 g/mol. The summed E-state index contributed by atoms with van der Waals surface area (Å²) in [5.41, 5.74) is -2.43. The van der Waals surface area contributed by atoms with Gasteiger partial charge in [-0.15, -0.1) is 0 Å². The lowest BCUT2D eigenvalue weighted by atomic mass is 9.77. The summed E-state index contributed by atoms with van der Waals surface area (Å²) >= 11 is 0. The molecule has 2 atom stereocenters. The van der Waals surface area contributed by atoms with Crippen LogP contribution in [0.2, 0.25) is 0 Å². The van der Waals surface area contributed by atoms with Crippen molar-refractivity contribution in [1.29, 1.82) is 0 Å². The second-order valence-corrected chi connectivity index (χ2v) is 3.54. The van der Waals surface area contributed by atoms with E-state index in [0.29, 0.717) is 0 Å². The molecule has 0 saturated carbocycles. The fourth-order valence-corrected chi connectivity index (χ4v) is 1.60. The van der Waals surface area contributed by atoms with E-state index in [-0.39, 0.29) is 0 Å². The van der Waals surface area contributed by atoms with Crippen molar-refractivity contribution in [3.8, 4) is 0 Å². The number of carbonyl (C=O) groups is 2. The summed E-state index contributed by atoms with van der Waals surface area (Å²) in [6.07, 6.45) is 3.33. The molecule has 0 spiro atoms. The normalized spacial score (nSPS) is 28.3. The zero-order valence-corrected chi connectivity index (χ0v) is 8.28. The third kappa shape index (κ3) is 1.67. The van der Waals surface area contributed by atoms with Gasteiger partial charge in [-0.2, -0.15) is 0 Å². The highest BCUT2D eigenvalue weighted by Crippen LogP contribution is 2.33. The predicted molar refractivity (Wildman–Crippen MR) is 51.4 cm³/mol. The van der Waals surface area contributed by atoms with Crippen molar-refractivity contribution in [3.63, 3.8) is 0 Å². The van der Waals surface area contributed by atoms with E-state index in [4.69, 9.17) is 10.2 Å². The van der Waals surface area contributed by atoms with Gasteiger partial charge in [0.05, 0.1) is 5.57 Å². The molecule has 0 aliphatic heterocycles. The molecule has 0 radical (unpaired) electrons. The highest BCUT2D eigenvalue weighted by molar-refractivity contribution is 5.95. The van der Waals surface area contributed by atoms with Gasteiger partial charge in [0, 0.05) is 11.8 Å². The highest BCUT2D eigenvalue weighted by atomic mass is 16.6. The molecule has 0 heterocycles. The van der Waals surface area contributed by atoms with Gasteiger partial charge in [0.25, 0.3) is 5.54 Å². The van der Waals surface area contributed by atoms with E-state index < -0.39 is 33.9 Å². The van der Waals surface area contributed by atoms with E-state index in [2.05, 4.69) is 0 Å². The molecule has 0 amide bonds. The summed E-state index contributed by atoms with van der Waals surface area (Å²) in [4.78, 5) is 31.8. The summed E-state index contributed by atoms with van der Waals surface area (Å²) in [5.74, 6) is -4.69. The summed E-state index contributed by atoms with van der Waals surface area (Å²) in [7, 11) is 0. The molecule has 1 rings (SSSR count). The second-order valence-electron chi connectivity index (χ2n) is 3.54. The third-order valence-corrected chi connectivity index (χ3v) is 2.49. The molecule has 2 unspecified atom stereocenters. The number of rotatable bonds is 3. The number of carboxylic acid groups (broad SMARTS) is 2. The van der Waals surface area contributed by atoms with Gasteiger partial charge in [-0.1, -0.05) is 12.2 Å². The molecular formula is C9H9NO6. The first-order chi connectivity index (χ1) is 7.30. The lowest BCUT2D eigenvalue weighted by Gasteiger charge is -2.26. The third-order valence-electron chi connectivity index (χ3n) is 2.49. The summed E-state index contributed by atoms with van der Waals surface area (Å²) in [6.45, 7) is 1.08. The fraction of sp³-hybridized carbons (Fsp3) is 0.333. The van der Waals surface area contributed by atoms with Gasteiger partial charge >= 0.3 is 11.9 Å². The molecule has 0 aromatic rings. The van der Waals surface area contributed by atoms with Gasteiger partial charge < -0.3 is 10.2 Å². The molecule has 0 aromatic heterocycles. The van der Waals surface area contributed by atoms with Crippen LogP contribution in [0.5, 0.6) is 0 Å². The van der Waals surface area contributed by atoms with E-state index in [1.807, 2.05) is 0 Å². The molecule has 0 bridgehead atoms. The quantitative estimate of drug-likeness (QED) is 0.529. The molecular weight excluding hydrogens is 218 g/mol. The van der Waals surface area contributed by atoms with Gasteiger partial charge in [0.2, 0.25) is 0 Å². The molecule has 0 aromatic carbocycles. The maximum atomic E-state index is 10.9. The van der Waals surface area contributed by atoms with Crippen LogP contribution in [0, 0.1) is 16.0 Å². The minimum Gasteiger partial charge on any atom is -0.481 e. The first-order valence-electron chi connectivity index (χ1n) is 4.30. The Morgan fingerprint density at radius 1 is 1.50 bits per heavy atom. The maximum Gasteiger partial charge on any atom is 0.332 e. The summed E-state index contributed by atoms with van der Waals surface area (Å²) in [5, 5.41) is 28.5. The molecule has 7 heteroatoms. The van der Waals surface area contributed by atoms with E-state index in [9.17, 15) is 19.7 Å². The molecule has 7 nitrogen and oxygen atoms in total. The molecule has 2 N–H and O–H groups in total. The van der Waals surface area contributed by atoms with Crippen molar-refractivity contribution < 1.29 is 24.7 Å². The van der Waals surface area contributed by atoms with Crippen LogP contribution in [0.3, 0.4) is 0 Å². The monoisotopic (exact) mass is 227 g/mol. The second kappa shape index (κ2) is 3.76. The zero-order valence-electron chi connectivity index (χ0n) is 8.28. The fourth-order valence-electron chi connectivity index (χ4n) is 1.60. The van der Waals surface area contributed by atoms with Crippen LogP contribution in [-0.2, 0) is 9.59 Å². The first-order valence-corrected chi connectivity index (χ1v) is 4.30. The molecule has 0 fully saturated rings. The van der Waals surface area contributed by atoms with Gasteiger partial charge in [0.15, 0.2) is 5.92 Å². The number of nitrogens with zero attached hydrogens (tertiary/aromatic N) is 1. The number of aliphatic carboxylic acids is 2. The van der Waals surface area contributed by atoms with Crippen LogP contribution in [-0.4, -0.2) is 32.6 Å². The van der Waals surface area contributed by atoms with Crippen molar-refractivity contribution in [3.05, 3.63) is 33.9 Å². The number of allylic oxidation sites excluding steroid dienone is 2. The van der Waals surface area contributed by atoms with E-state index in [1.165, 1.54) is 6.08 Å². The van der Waals surface area contributed by atoms with Crippen LogP contribution in [0.1, 0.15) is 6.92 Å². The first kappa shape index (κ1) is 11.9. The molecule has 1 aliphatic carbocycles. The molecule has 86 valence electrons. The standard InChI is InChI=1S/C9H9NO6/c1-9(10(15)16)4-2-3-5(7(11)12)6(9)8(13)14/h2-4,6H,1H3,(H,11,12)(H,13,14). The smallest absolute Gasteiger partial charge is 0.332 e. The number of hydrogen-bond donors (Lipinski definition) is 2. The van der Waals surface area contributed by atoms with Crippen LogP contribution >= 0.6 is 0 Å². The van der Waals surface area contributed by atoms with Gasteiger partial charge in [-0.05, 0) is 6.08 Å². The minimum atomic E-state index is -1.94. The maximum absolute atomic E-state index is 10.9. The predicted octanol–water partition coefficient (Wildman–Crippen LogP) is 0.303. The van der Waals surface area contributed by atoms with Gasteiger partial charge in [-0.3, -0.25) is 14.9 Å². The highest BCUT2D eigenvalue weighted by Gasteiger charge is 2.52. The van der Waals surface area contributed by atoms with E-state index in [1.54, 1.807) is 0 Å². The van der Waals surface area contributed by atoms with E-state index >= 15 is 0 Å². The molecule has 1 aliphatic rings. The Morgan fingerprint density at radius 3 is 2.44 bits per heavy atom. The Bertz CT molecular complexity index is 424. The van der Waals surface area contributed by atoms with E-state index in [0.717, 1.165) is 19.1 Å². The largest absolute Gasteiger partial charge is 0.481 e. The number of nitro groups is 1. The van der Waals surface area contributed by atoms with Gasteiger partial charge in [0.1, 0.15) is 0 Å². The lowest BCUT2D eigenvalue weighted by molar-refractivity contribution is -0.556. The van der Waals surface area contributed by atoms with Crippen molar-refractivity contribution in [1.82, 2.24) is 0 Å². The topological polar surface area (TPSA) is 118 Å². The minimum absolute atomic E-state index is 0.491. The number of carboxylic acids is 2. The average Bonchev–Trinajstić information content (AvgIpc) is 2.16. The van der Waals surface area contributed by atoms with Crippen LogP contribution < -0.4 is 0 Å². The lowest BCUT2D eigenvalue weighted by Crippen LogP contribution is -2.48. The molecule has 0 saturated heterocycles. The Hall–Kier alpha value is -2.18. The Kier molecular flexibility index (Phi) is 2.80. The van der Waals surface area contributed by atoms with Crippen molar-refractivity contribution in [2.24, 2.45) is 5.92 Å². The SMILES string of the molecule is CC1([N+](=O)[O-])C=CC=C(C(=O)O)C1C(=O)O. The Morgan fingerprint density at radius 2 is 2.06 bits per heavy atom. The van der Waals surface area contributed by atoms with Crippen molar-refractivity contribution in [2.75, 3.05) is 0 Å². The van der Waals surface area contributed by atoms with Gasteiger partial charge in [-0.25, -0.2) is 4.79 Å². The molecule has 16 heavy (non-hydrogen) atoms. The van der Waals surface area contributed by atoms with Crippen LogP contribution in [0.15, 0.2) is 23.8 Å². The zero-order chi connectivity index (χ0) is 12.5. The van der Waals surface area contributed by atoms with Crippen LogP contribution in [0.4, 0.5) is 0 Å². The number of hydrogen-bond acceptors (Lipinski definition) is 4. The van der Waals surface area contributed by atoms with Crippen molar-refractivity contribution >= 4 is 11.9 Å². The van der Waals surface area contributed by atoms with Crippen molar-refractivity contribution in [2.45, 2.75) is 12.5 Å². The summed E-state index contributed by atoms with van der Waals surface area (Å²) in [6, 6.07) is 0.